The zero-order valence-electron chi connectivity index (χ0n) is 7.16. The number of carbonyl (C=O) groups excluding carboxylic acids is 1. The van der Waals surface area contributed by atoms with Crippen molar-refractivity contribution >= 4 is 21.8 Å². The lowest BCUT2D eigenvalue weighted by Gasteiger charge is -2.10. The zero-order chi connectivity index (χ0) is 9.84. The lowest BCUT2D eigenvalue weighted by atomic mass is 10.1. The van der Waals surface area contributed by atoms with Crippen molar-refractivity contribution in [3.63, 3.8) is 0 Å². The minimum absolute atomic E-state index is 0.295. The van der Waals surface area contributed by atoms with E-state index in [0.29, 0.717) is 5.56 Å². The van der Waals surface area contributed by atoms with Crippen LogP contribution in [0.3, 0.4) is 0 Å². The Morgan fingerprint density at radius 1 is 1.54 bits per heavy atom. The number of amides is 1. The molecule has 4 heteroatoms. The van der Waals surface area contributed by atoms with Crippen molar-refractivity contribution in [3.8, 4) is 0 Å². The fourth-order valence-corrected chi connectivity index (χ4v) is 1.45. The first-order valence-electron chi connectivity index (χ1n) is 3.72. The van der Waals surface area contributed by atoms with Crippen LogP contribution in [0.15, 0.2) is 24.3 Å². The van der Waals surface area contributed by atoms with Crippen LogP contribution >= 0.6 is 15.9 Å². The second-order valence-corrected chi connectivity index (χ2v) is 3.33. The molecule has 0 aliphatic carbocycles. The first-order chi connectivity index (χ1) is 6.16. The van der Waals surface area contributed by atoms with Gasteiger partial charge in [0, 0.05) is 18.2 Å². The van der Waals surface area contributed by atoms with Gasteiger partial charge in [0.15, 0.2) is 0 Å². The molecule has 0 saturated carbocycles. The summed E-state index contributed by atoms with van der Waals surface area (Å²) in [5, 5.41) is -0.295. The van der Waals surface area contributed by atoms with E-state index < -0.39 is 5.91 Å². The van der Waals surface area contributed by atoms with E-state index >= 15 is 0 Å². The highest BCUT2D eigenvalue weighted by atomic mass is 79.9. The maximum absolute atomic E-state index is 11.0. The smallest absolute Gasteiger partial charge is 0.249 e. The minimum Gasteiger partial charge on any atom is -0.366 e. The predicted molar refractivity (Wildman–Crippen MR) is 53.6 cm³/mol. The number of hydrogen-bond donors (Lipinski definition) is 1. The first kappa shape index (κ1) is 10.2. The Kier molecular flexibility index (Phi) is 3.45. The summed E-state index contributed by atoms with van der Waals surface area (Å²) in [7, 11) is 1.55. The van der Waals surface area contributed by atoms with Gasteiger partial charge in [-0.25, -0.2) is 0 Å². The van der Waals surface area contributed by atoms with Crippen molar-refractivity contribution in [3.05, 3.63) is 35.4 Å². The second kappa shape index (κ2) is 4.39. The largest absolute Gasteiger partial charge is 0.366 e. The Morgan fingerprint density at radius 3 is 2.69 bits per heavy atom. The number of rotatable bonds is 3. The molecule has 0 spiro atoms. The maximum Gasteiger partial charge on any atom is 0.249 e. The van der Waals surface area contributed by atoms with E-state index in [9.17, 15) is 4.79 Å². The molecule has 1 aromatic carbocycles. The Morgan fingerprint density at radius 2 is 2.15 bits per heavy atom. The molecule has 0 radical (unpaired) electrons. The highest BCUT2D eigenvalue weighted by molar-refractivity contribution is 9.09. The summed E-state index contributed by atoms with van der Waals surface area (Å²) in [6, 6.07) is 7.06. The van der Waals surface area contributed by atoms with Gasteiger partial charge in [0.1, 0.15) is 5.01 Å². The van der Waals surface area contributed by atoms with Crippen molar-refractivity contribution in [1.82, 2.24) is 0 Å². The molecule has 1 rings (SSSR count). The van der Waals surface area contributed by atoms with Crippen molar-refractivity contribution in [1.29, 1.82) is 0 Å². The minimum atomic E-state index is -0.447. The molecule has 13 heavy (non-hydrogen) atoms. The maximum atomic E-state index is 11.0. The summed E-state index contributed by atoms with van der Waals surface area (Å²) in [6.45, 7) is 0. The Balaban J connectivity index is 3.11. The molecule has 0 aliphatic rings. The van der Waals surface area contributed by atoms with E-state index in [2.05, 4.69) is 15.9 Å². The Labute approximate surface area is 85.0 Å². The van der Waals surface area contributed by atoms with Crippen LogP contribution in [0, 0.1) is 0 Å². The van der Waals surface area contributed by atoms with Gasteiger partial charge >= 0.3 is 0 Å². The quantitative estimate of drug-likeness (QED) is 0.824. The van der Waals surface area contributed by atoms with Crippen molar-refractivity contribution in [2.75, 3.05) is 7.11 Å². The molecule has 1 atom stereocenters. The SMILES string of the molecule is COC(Br)c1ccccc1C(N)=O. The monoisotopic (exact) mass is 243 g/mol. The van der Waals surface area contributed by atoms with E-state index in [1.54, 1.807) is 25.3 Å². The van der Waals surface area contributed by atoms with Gasteiger partial charge in [0.05, 0.1) is 0 Å². The topological polar surface area (TPSA) is 52.3 Å². The molecule has 1 amide bonds. The molecule has 0 aliphatic heterocycles. The number of benzene rings is 1. The van der Waals surface area contributed by atoms with Crippen LogP contribution in [0.4, 0.5) is 0 Å². The van der Waals surface area contributed by atoms with E-state index in [1.165, 1.54) is 0 Å². The third-order valence-corrected chi connectivity index (χ3v) is 2.54. The van der Waals surface area contributed by atoms with Crippen LogP contribution in [0.25, 0.3) is 0 Å². The van der Waals surface area contributed by atoms with E-state index in [1.807, 2.05) is 6.07 Å². The first-order valence-corrected chi connectivity index (χ1v) is 4.64. The lowest BCUT2D eigenvalue weighted by Crippen LogP contribution is -2.14. The van der Waals surface area contributed by atoms with Gasteiger partial charge < -0.3 is 10.5 Å². The molecule has 3 nitrogen and oxygen atoms in total. The van der Waals surface area contributed by atoms with Crippen LogP contribution in [-0.2, 0) is 4.74 Å². The van der Waals surface area contributed by atoms with Crippen LogP contribution in [-0.4, -0.2) is 13.0 Å². The second-order valence-electron chi connectivity index (χ2n) is 2.50. The molecule has 0 heterocycles. The van der Waals surface area contributed by atoms with Gasteiger partial charge in [0.2, 0.25) is 5.91 Å². The molecule has 70 valence electrons. The number of ether oxygens (including phenoxy) is 1. The number of primary amides is 1. The fraction of sp³-hybridized carbons (Fsp3) is 0.222. The van der Waals surface area contributed by atoms with Gasteiger partial charge in [-0.2, -0.15) is 0 Å². The summed E-state index contributed by atoms with van der Waals surface area (Å²) < 4.78 is 5.04. The third-order valence-electron chi connectivity index (χ3n) is 1.68. The molecule has 1 aromatic rings. The van der Waals surface area contributed by atoms with Gasteiger partial charge in [-0.1, -0.05) is 34.1 Å². The van der Waals surface area contributed by atoms with Crippen LogP contribution < -0.4 is 5.73 Å². The molecule has 0 bridgehead atoms. The summed E-state index contributed by atoms with van der Waals surface area (Å²) in [6.07, 6.45) is 0. The average molecular weight is 244 g/mol. The number of carbonyl (C=O) groups is 1. The van der Waals surface area contributed by atoms with Gasteiger partial charge in [0.25, 0.3) is 0 Å². The zero-order valence-corrected chi connectivity index (χ0v) is 8.74. The van der Waals surface area contributed by atoms with Gasteiger partial charge in [-0.15, -0.1) is 0 Å². The number of methoxy groups -OCH3 is 1. The Bertz CT molecular complexity index is 314. The normalized spacial score (nSPS) is 12.5. The summed E-state index contributed by atoms with van der Waals surface area (Å²) in [5.74, 6) is -0.447. The van der Waals surface area contributed by atoms with E-state index in [4.69, 9.17) is 10.5 Å². The number of alkyl halides is 1. The van der Waals surface area contributed by atoms with Crippen LogP contribution in [0.2, 0.25) is 0 Å². The molecular formula is C9H10BrNO2. The van der Waals surface area contributed by atoms with E-state index in [-0.39, 0.29) is 5.01 Å². The fourth-order valence-electron chi connectivity index (χ4n) is 1.05. The lowest BCUT2D eigenvalue weighted by molar-refractivity contribution is 0.0995. The highest BCUT2D eigenvalue weighted by Crippen LogP contribution is 2.25. The standard InChI is InChI=1S/C9H10BrNO2/c1-13-8(10)6-4-2-3-5-7(6)9(11)12/h2-5,8H,1H3,(H2,11,12). The molecule has 0 fully saturated rings. The van der Waals surface area contributed by atoms with Crippen molar-refractivity contribution in [2.24, 2.45) is 5.73 Å². The number of nitrogens with two attached hydrogens (primary N) is 1. The highest BCUT2D eigenvalue weighted by Gasteiger charge is 2.13. The third kappa shape index (κ3) is 2.29. The van der Waals surface area contributed by atoms with Crippen LogP contribution in [0.1, 0.15) is 20.9 Å². The molecule has 0 saturated heterocycles. The molecule has 0 aromatic heterocycles. The number of hydrogen-bond acceptors (Lipinski definition) is 2. The van der Waals surface area contributed by atoms with Gasteiger partial charge in [-0.3, -0.25) is 4.79 Å². The Hall–Kier alpha value is -0.870. The van der Waals surface area contributed by atoms with Gasteiger partial charge in [-0.05, 0) is 6.07 Å². The average Bonchev–Trinajstić information content (AvgIpc) is 2.16. The molecular weight excluding hydrogens is 234 g/mol. The summed E-state index contributed by atoms with van der Waals surface area (Å²) >= 11 is 3.27. The van der Waals surface area contributed by atoms with Crippen LogP contribution in [0.5, 0.6) is 0 Å². The van der Waals surface area contributed by atoms with Crippen molar-refractivity contribution in [2.45, 2.75) is 5.01 Å². The molecule has 2 N–H and O–H groups in total. The summed E-state index contributed by atoms with van der Waals surface area (Å²) in [5.41, 5.74) is 6.42. The van der Waals surface area contributed by atoms with Crippen molar-refractivity contribution < 1.29 is 9.53 Å². The van der Waals surface area contributed by atoms with E-state index in [0.717, 1.165) is 5.56 Å². The predicted octanol–water partition coefficient (Wildman–Crippen LogP) is 1.83. The number of halogens is 1. The summed E-state index contributed by atoms with van der Waals surface area (Å²) in [4.78, 5) is 11.0. The molecule has 1 unspecified atom stereocenters.